The molecule has 0 aliphatic carbocycles. The zero-order valence-corrected chi connectivity index (χ0v) is 11.3. The first-order valence-electron chi connectivity index (χ1n) is 3.68. The summed E-state index contributed by atoms with van der Waals surface area (Å²) in [5, 5.41) is 1.16. The number of amides is 1. The summed E-state index contributed by atoms with van der Waals surface area (Å²) in [5.41, 5.74) is 0. The van der Waals surface area contributed by atoms with Crippen molar-refractivity contribution in [2.24, 2.45) is 0 Å². The summed E-state index contributed by atoms with van der Waals surface area (Å²) in [7, 11) is 4.78. The van der Waals surface area contributed by atoms with Gasteiger partial charge in [-0.05, 0) is 13.1 Å². The summed E-state index contributed by atoms with van der Waals surface area (Å²) in [5.74, 6) is -0.177. The van der Waals surface area contributed by atoms with E-state index in [1.807, 2.05) is 0 Å². The summed E-state index contributed by atoms with van der Waals surface area (Å²) < 4.78 is 0. The Morgan fingerprint density at radius 2 is 2.00 bits per heavy atom. The molecule has 0 rings (SSSR count). The van der Waals surface area contributed by atoms with Gasteiger partial charge in [0, 0.05) is 39.8 Å². The molecule has 0 aliphatic rings. The smallest absolute Gasteiger partial charge is 0.232 e. The fourth-order valence-electron chi connectivity index (χ4n) is 0.644. The van der Waals surface area contributed by atoms with E-state index in [4.69, 9.17) is 4.84 Å². The van der Waals surface area contributed by atoms with Crippen molar-refractivity contribution in [3.05, 3.63) is 13.8 Å². The molecule has 0 N–H and O–H groups in total. The van der Waals surface area contributed by atoms with Crippen LogP contribution < -0.4 is 0 Å². The molecule has 0 heterocycles. The van der Waals surface area contributed by atoms with Gasteiger partial charge in [0.05, 0.1) is 7.11 Å². The molecule has 4 nitrogen and oxygen atoms in total. The molecule has 0 fully saturated rings. The Hall–Kier alpha value is 0.494. The van der Waals surface area contributed by atoms with E-state index in [-0.39, 0.29) is 38.6 Å². The van der Waals surface area contributed by atoms with Gasteiger partial charge in [0.2, 0.25) is 5.91 Å². The Morgan fingerprint density at radius 1 is 1.54 bits per heavy atom. The van der Waals surface area contributed by atoms with E-state index >= 15 is 0 Å². The van der Waals surface area contributed by atoms with Gasteiger partial charge < -0.3 is 18.7 Å². The summed E-state index contributed by atoms with van der Waals surface area (Å²) in [6, 6.07) is -0.438. The molecule has 0 bridgehead atoms. The molecular weight excluding hydrogens is 245 g/mol. The molecule has 1 unspecified atom stereocenters. The number of carbonyl (C=O) groups excluding carboxylic acids is 1. The molecule has 0 saturated carbocycles. The Balaban J connectivity index is 0. The normalized spacial score (nSPS) is 12.2. The minimum absolute atomic E-state index is 0. The maximum Gasteiger partial charge on any atom is 0.232 e. The molecule has 0 aliphatic heterocycles. The zero-order chi connectivity index (χ0) is 9.72. The van der Waals surface area contributed by atoms with Crippen molar-refractivity contribution in [1.29, 1.82) is 0 Å². The third kappa shape index (κ3) is 5.06. The van der Waals surface area contributed by atoms with Crippen LogP contribution in [0.5, 0.6) is 0 Å². The van der Waals surface area contributed by atoms with Crippen molar-refractivity contribution in [2.45, 2.75) is 6.04 Å². The SMILES string of the molecule is [CH2-]CN(C)C([CH2-])C(=O)N(C)OC.[Y]. The number of rotatable bonds is 4. The number of hydrogen-bond acceptors (Lipinski definition) is 3. The van der Waals surface area contributed by atoms with Crippen LogP contribution in [0.15, 0.2) is 0 Å². The van der Waals surface area contributed by atoms with Crippen LogP contribution in [-0.2, 0) is 42.3 Å². The third-order valence-electron chi connectivity index (χ3n) is 1.75. The van der Waals surface area contributed by atoms with Gasteiger partial charge in [-0.3, -0.25) is 9.63 Å². The topological polar surface area (TPSA) is 32.8 Å². The van der Waals surface area contributed by atoms with Crippen molar-refractivity contribution >= 4 is 5.91 Å². The molecular formula is C8H16N2O2Y-2. The molecule has 13 heavy (non-hydrogen) atoms. The third-order valence-corrected chi connectivity index (χ3v) is 1.75. The van der Waals surface area contributed by atoms with E-state index in [0.29, 0.717) is 6.54 Å². The van der Waals surface area contributed by atoms with Crippen molar-refractivity contribution in [3.8, 4) is 0 Å². The minimum atomic E-state index is -0.438. The van der Waals surface area contributed by atoms with Gasteiger partial charge in [-0.25, -0.2) is 5.06 Å². The monoisotopic (exact) mass is 261 g/mol. The zero-order valence-electron chi connectivity index (χ0n) is 8.49. The van der Waals surface area contributed by atoms with Crippen LogP contribution >= 0.6 is 0 Å². The van der Waals surface area contributed by atoms with Crippen molar-refractivity contribution < 1.29 is 42.3 Å². The second kappa shape index (κ2) is 7.86. The van der Waals surface area contributed by atoms with E-state index in [0.717, 1.165) is 5.06 Å². The molecule has 1 atom stereocenters. The Kier molecular flexibility index (Phi) is 9.64. The Morgan fingerprint density at radius 3 is 2.31 bits per heavy atom. The molecule has 1 amide bonds. The Labute approximate surface area is 105 Å². The van der Waals surface area contributed by atoms with Gasteiger partial charge in [-0.2, -0.15) is 0 Å². The molecule has 0 spiro atoms. The average molecular weight is 261 g/mol. The van der Waals surface area contributed by atoms with E-state index < -0.39 is 6.04 Å². The molecule has 0 aromatic rings. The first-order valence-corrected chi connectivity index (χ1v) is 3.68. The molecule has 5 heteroatoms. The van der Waals surface area contributed by atoms with E-state index in [1.165, 1.54) is 7.11 Å². The first-order chi connectivity index (χ1) is 5.54. The predicted octanol–water partition coefficient (Wildman–Crippen LogP) is -0.0277. The summed E-state index contributed by atoms with van der Waals surface area (Å²) in [6.45, 7) is 7.88. The van der Waals surface area contributed by atoms with Crippen LogP contribution in [0, 0.1) is 13.8 Å². The standard InChI is InChI=1S/C8H16N2O2.Y/c1-6-9(3)7(2)8(11)10(4)12-5;/h7H,1-2,6H2,3-5H3;/q-2;. The van der Waals surface area contributed by atoms with Crippen molar-refractivity contribution in [3.63, 3.8) is 0 Å². The number of hydroxylamine groups is 2. The second-order valence-corrected chi connectivity index (χ2v) is 2.51. The van der Waals surface area contributed by atoms with E-state index in [2.05, 4.69) is 13.8 Å². The first kappa shape index (κ1) is 15.9. The molecule has 0 aromatic heterocycles. The molecule has 1 radical (unpaired) electrons. The van der Waals surface area contributed by atoms with Crippen molar-refractivity contribution in [1.82, 2.24) is 9.96 Å². The summed E-state index contributed by atoms with van der Waals surface area (Å²) in [6.07, 6.45) is 0. The van der Waals surface area contributed by atoms with E-state index in [1.54, 1.807) is 19.0 Å². The average Bonchev–Trinajstić information content (AvgIpc) is 2.12. The summed E-state index contributed by atoms with van der Waals surface area (Å²) >= 11 is 0. The maximum atomic E-state index is 11.3. The maximum absolute atomic E-state index is 11.3. The largest absolute Gasteiger partial charge is 0.354 e. The van der Waals surface area contributed by atoms with Crippen LogP contribution in [0.3, 0.4) is 0 Å². The fourth-order valence-corrected chi connectivity index (χ4v) is 0.644. The van der Waals surface area contributed by atoms with Crippen LogP contribution in [0.25, 0.3) is 0 Å². The molecule has 0 aromatic carbocycles. The van der Waals surface area contributed by atoms with E-state index in [9.17, 15) is 4.79 Å². The fraction of sp³-hybridized carbons (Fsp3) is 0.625. The van der Waals surface area contributed by atoms with Crippen LogP contribution in [0.2, 0.25) is 0 Å². The van der Waals surface area contributed by atoms with Crippen LogP contribution in [-0.4, -0.2) is 49.7 Å². The van der Waals surface area contributed by atoms with Gasteiger partial charge in [-0.15, -0.1) is 6.54 Å². The van der Waals surface area contributed by atoms with Crippen LogP contribution in [0.4, 0.5) is 0 Å². The Bertz CT molecular complexity index is 155. The van der Waals surface area contributed by atoms with Crippen LogP contribution in [0.1, 0.15) is 0 Å². The van der Waals surface area contributed by atoms with Gasteiger partial charge in [-0.1, -0.05) is 0 Å². The number of nitrogens with zero attached hydrogens (tertiary/aromatic N) is 2. The van der Waals surface area contributed by atoms with Gasteiger partial charge in [0.1, 0.15) is 0 Å². The van der Waals surface area contributed by atoms with Gasteiger partial charge >= 0.3 is 0 Å². The summed E-state index contributed by atoms with van der Waals surface area (Å²) in [4.78, 5) is 17.8. The molecule has 0 saturated heterocycles. The molecule has 75 valence electrons. The van der Waals surface area contributed by atoms with Gasteiger partial charge in [0.15, 0.2) is 0 Å². The van der Waals surface area contributed by atoms with Crippen molar-refractivity contribution in [2.75, 3.05) is 27.7 Å². The predicted molar refractivity (Wildman–Crippen MR) is 46.9 cm³/mol. The number of carbonyl (C=O) groups is 1. The van der Waals surface area contributed by atoms with Gasteiger partial charge in [0.25, 0.3) is 0 Å². The quantitative estimate of drug-likeness (QED) is 0.526. The number of likely N-dealkylation sites (N-methyl/N-ethyl adjacent to an activating group) is 2. The second-order valence-electron chi connectivity index (χ2n) is 2.51. The minimum Gasteiger partial charge on any atom is -0.354 e. The number of hydrogen-bond donors (Lipinski definition) is 0.